The predicted molar refractivity (Wildman–Crippen MR) is 75.4 cm³/mol. The van der Waals surface area contributed by atoms with Crippen LogP contribution in [0.2, 0.25) is 0 Å². The molecule has 1 amide bonds. The van der Waals surface area contributed by atoms with Crippen LogP contribution in [-0.4, -0.2) is 48.0 Å². The van der Waals surface area contributed by atoms with Gasteiger partial charge in [-0.2, -0.15) is 11.8 Å². The Labute approximate surface area is 110 Å². The van der Waals surface area contributed by atoms with Crippen molar-refractivity contribution in [3.63, 3.8) is 0 Å². The fourth-order valence-corrected chi connectivity index (χ4v) is 2.72. The number of rotatable bonds is 9. The maximum atomic E-state index is 11.8. The average molecular weight is 258 g/mol. The van der Waals surface area contributed by atoms with Crippen molar-refractivity contribution in [3.8, 4) is 0 Å². The second-order valence-corrected chi connectivity index (χ2v) is 5.90. The lowest BCUT2D eigenvalue weighted by molar-refractivity contribution is -0.127. The molecule has 1 N–H and O–H groups in total. The third-order valence-electron chi connectivity index (χ3n) is 3.08. The molecule has 0 aromatic heterocycles. The molecule has 0 aromatic carbocycles. The van der Waals surface area contributed by atoms with Gasteiger partial charge in [0.1, 0.15) is 0 Å². The zero-order valence-corrected chi connectivity index (χ0v) is 12.2. The van der Waals surface area contributed by atoms with E-state index in [1.807, 2.05) is 18.7 Å². The van der Waals surface area contributed by atoms with Gasteiger partial charge in [0.2, 0.25) is 5.91 Å². The highest BCUT2D eigenvalue weighted by Gasteiger charge is 2.20. The predicted octanol–water partition coefficient (Wildman–Crippen LogP) is 1.98. The highest BCUT2D eigenvalue weighted by atomic mass is 32.2. The summed E-state index contributed by atoms with van der Waals surface area (Å²) in [5.41, 5.74) is 0. The number of carbonyl (C=O) groups is 1. The zero-order chi connectivity index (χ0) is 12.7. The first kappa shape index (κ1) is 14.8. The Bertz CT molecular complexity index is 227. The maximum absolute atomic E-state index is 11.8. The van der Waals surface area contributed by atoms with Crippen molar-refractivity contribution in [1.82, 2.24) is 10.2 Å². The second kappa shape index (κ2) is 7.98. The van der Waals surface area contributed by atoms with Gasteiger partial charge < -0.3 is 10.2 Å². The van der Waals surface area contributed by atoms with E-state index in [4.69, 9.17) is 0 Å². The van der Waals surface area contributed by atoms with Crippen LogP contribution in [0.25, 0.3) is 0 Å². The minimum atomic E-state index is 0.280. The van der Waals surface area contributed by atoms with Gasteiger partial charge in [-0.05, 0) is 44.9 Å². The van der Waals surface area contributed by atoms with Gasteiger partial charge in [-0.15, -0.1) is 0 Å². The van der Waals surface area contributed by atoms with Crippen molar-refractivity contribution in [2.45, 2.75) is 39.7 Å². The normalized spacial score (nSPS) is 16.9. The van der Waals surface area contributed by atoms with Crippen LogP contribution in [0.3, 0.4) is 0 Å². The molecule has 1 aliphatic carbocycles. The minimum Gasteiger partial charge on any atom is -0.343 e. The highest BCUT2D eigenvalue weighted by molar-refractivity contribution is 7.99. The molecule has 1 rings (SSSR count). The Hall–Kier alpha value is -0.220. The molecule has 1 fully saturated rings. The molecule has 0 heterocycles. The molecule has 0 aliphatic heterocycles. The second-order valence-electron chi connectivity index (χ2n) is 4.87. The molecule has 1 atom stereocenters. The summed E-state index contributed by atoms with van der Waals surface area (Å²) < 4.78 is 0. The SMILES string of the molecule is CCN(CC)C(=O)CSCC(C)CNC1CC1. The number of nitrogens with zero attached hydrogens (tertiary/aromatic N) is 1. The van der Waals surface area contributed by atoms with Gasteiger partial charge in [0.25, 0.3) is 0 Å². The van der Waals surface area contributed by atoms with Crippen LogP contribution in [0.5, 0.6) is 0 Å². The first-order valence-corrected chi connectivity index (χ1v) is 7.91. The topological polar surface area (TPSA) is 32.3 Å². The Balaban J connectivity index is 2.02. The molecule has 0 saturated heterocycles. The van der Waals surface area contributed by atoms with Crippen LogP contribution < -0.4 is 5.32 Å². The summed E-state index contributed by atoms with van der Waals surface area (Å²) in [5, 5.41) is 3.53. The van der Waals surface area contributed by atoms with E-state index in [1.54, 1.807) is 11.8 Å². The fraction of sp³-hybridized carbons (Fsp3) is 0.923. The fourth-order valence-electron chi connectivity index (χ4n) is 1.73. The summed E-state index contributed by atoms with van der Waals surface area (Å²) in [7, 11) is 0. The molecule has 3 nitrogen and oxygen atoms in total. The van der Waals surface area contributed by atoms with Gasteiger partial charge in [0.05, 0.1) is 5.75 Å². The maximum Gasteiger partial charge on any atom is 0.232 e. The van der Waals surface area contributed by atoms with Gasteiger partial charge in [-0.25, -0.2) is 0 Å². The van der Waals surface area contributed by atoms with Crippen LogP contribution >= 0.6 is 11.8 Å². The summed E-state index contributed by atoms with van der Waals surface area (Å²) in [5.74, 6) is 2.65. The largest absolute Gasteiger partial charge is 0.343 e. The molecule has 1 aliphatic rings. The van der Waals surface area contributed by atoms with E-state index in [-0.39, 0.29) is 5.91 Å². The van der Waals surface area contributed by atoms with Crippen LogP contribution in [0.4, 0.5) is 0 Å². The number of hydrogen-bond acceptors (Lipinski definition) is 3. The first-order valence-electron chi connectivity index (χ1n) is 6.76. The lowest BCUT2D eigenvalue weighted by Crippen LogP contribution is -2.32. The highest BCUT2D eigenvalue weighted by Crippen LogP contribution is 2.19. The zero-order valence-electron chi connectivity index (χ0n) is 11.4. The van der Waals surface area contributed by atoms with Crippen LogP contribution in [0.15, 0.2) is 0 Å². The third kappa shape index (κ3) is 6.32. The minimum absolute atomic E-state index is 0.280. The van der Waals surface area contributed by atoms with E-state index in [0.29, 0.717) is 11.7 Å². The first-order chi connectivity index (χ1) is 8.17. The average Bonchev–Trinajstić information content (AvgIpc) is 3.12. The molecular weight excluding hydrogens is 232 g/mol. The van der Waals surface area contributed by atoms with Gasteiger partial charge in [-0.1, -0.05) is 6.92 Å². The smallest absolute Gasteiger partial charge is 0.232 e. The molecule has 17 heavy (non-hydrogen) atoms. The number of nitrogens with one attached hydrogen (secondary N) is 1. The molecule has 4 heteroatoms. The van der Waals surface area contributed by atoms with Gasteiger partial charge in [-0.3, -0.25) is 4.79 Å². The summed E-state index contributed by atoms with van der Waals surface area (Å²) in [6.07, 6.45) is 2.70. The molecule has 0 radical (unpaired) electrons. The lowest BCUT2D eigenvalue weighted by Gasteiger charge is -2.19. The van der Waals surface area contributed by atoms with Crippen molar-refractivity contribution in [3.05, 3.63) is 0 Å². The summed E-state index contributed by atoms with van der Waals surface area (Å²) >= 11 is 1.77. The van der Waals surface area contributed by atoms with Crippen LogP contribution in [-0.2, 0) is 4.79 Å². The van der Waals surface area contributed by atoms with E-state index >= 15 is 0 Å². The Morgan fingerprint density at radius 1 is 1.41 bits per heavy atom. The van der Waals surface area contributed by atoms with Crippen LogP contribution in [0.1, 0.15) is 33.6 Å². The molecular formula is C13H26N2OS. The van der Waals surface area contributed by atoms with Crippen molar-refractivity contribution < 1.29 is 4.79 Å². The standard InChI is InChI=1S/C13H26N2OS/c1-4-15(5-2)13(16)10-17-9-11(3)8-14-12-6-7-12/h11-12,14H,4-10H2,1-3H3. The summed E-state index contributed by atoms with van der Waals surface area (Å²) in [6.45, 7) is 9.08. The van der Waals surface area contributed by atoms with E-state index in [9.17, 15) is 4.79 Å². The van der Waals surface area contributed by atoms with Gasteiger partial charge in [0, 0.05) is 19.1 Å². The molecule has 100 valence electrons. The molecule has 0 bridgehead atoms. The van der Waals surface area contributed by atoms with E-state index in [1.165, 1.54) is 12.8 Å². The number of hydrogen-bond donors (Lipinski definition) is 1. The summed E-state index contributed by atoms with van der Waals surface area (Å²) in [6, 6.07) is 0.791. The quantitative estimate of drug-likeness (QED) is 0.686. The van der Waals surface area contributed by atoms with Gasteiger partial charge in [0.15, 0.2) is 0 Å². The number of thioether (sulfide) groups is 1. The van der Waals surface area contributed by atoms with E-state index < -0.39 is 0 Å². The number of carbonyl (C=O) groups excluding carboxylic acids is 1. The molecule has 1 unspecified atom stereocenters. The summed E-state index contributed by atoms with van der Waals surface area (Å²) in [4.78, 5) is 13.7. The molecule has 1 saturated carbocycles. The van der Waals surface area contributed by atoms with Gasteiger partial charge >= 0.3 is 0 Å². The van der Waals surface area contributed by atoms with E-state index in [0.717, 1.165) is 31.4 Å². The van der Waals surface area contributed by atoms with Crippen molar-refractivity contribution >= 4 is 17.7 Å². The lowest BCUT2D eigenvalue weighted by atomic mass is 10.2. The van der Waals surface area contributed by atoms with Crippen LogP contribution in [0, 0.1) is 5.92 Å². The van der Waals surface area contributed by atoms with Crippen molar-refractivity contribution in [2.24, 2.45) is 5.92 Å². The van der Waals surface area contributed by atoms with E-state index in [2.05, 4.69) is 12.2 Å². The Kier molecular flexibility index (Phi) is 6.97. The monoisotopic (exact) mass is 258 g/mol. The van der Waals surface area contributed by atoms with Crippen molar-refractivity contribution in [1.29, 1.82) is 0 Å². The molecule has 0 spiro atoms. The number of amides is 1. The van der Waals surface area contributed by atoms with Crippen molar-refractivity contribution in [2.75, 3.05) is 31.1 Å². The Morgan fingerprint density at radius 2 is 2.06 bits per heavy atom. The third-order valence-corrected chi connectivity index (χ3v) is 4.33. The Morgan fingerprint density at radius 3 is 2.59 bits per heavy atom. The molecule has 0 aromatic rings.